The van der Waals surface area contributed by atoms with Gasteiger partial charge in [-0.2, -0.15) is 0 Å². The minimum atomic E-state index is -0.576. The largest absolute Gasteiger partial charge is 0.336 e. The average molecular weight is 267 g/mol. The third-order valence-electron chi connectivity index (χ3n) is 3.43. The van der Waals surface area contributed by atoms with Crippen LogP contribution < -0.4 is 10.2 Å². The van der Waals surface area contributed by atoms with Gasteiger partial charge < -0.3 is 5.32 Å². The maximum Gasteiger partial charge on any atom is 0.328 e. The third kappa shape index (κ3) is 1.97. The fourth-order valence-corrected chi connectivity index (χ4v) is 2.14. The van der Waals surface area contributed by atoms with E-state index in [0.29, 0.717) is 23.7 Å². The van der Waals surface area contributed by atoms with Gasteiger partial charge in [0.25, 0.3) is 0 Å². The number of rotatable bonds is 2. The number of anilines is 1. The molecule has 2 rings (SSSR count). The van der Waals surface area contributed by atoms with E-state index < -0.39 is 11.4 Å². The van der Waals surface area contributed by atoms with E-state index in [0.717, 1.165) is 4.90 Å². The van der Waals surface area contributed by atoms with E-state index in [1.165, 1.54) is 0 Å². The van der Waals surface area contributed by atoms with Gasteiger partial charge in [-0.15, -0.1) is 0 Å². The van der Waals surface area contributed by atoms with Crippen molar-refractivity contribution in [3.63, 3.8) is 0 Å². The van der Waals surface area contributed by atoms with Crippen molar-refractivity contribution < 1.29 is 9.59 Å². The van der Waals surface area contributed by atoms with Gasteiger partial charge in [-0.1, -0.05) is 30.7 Å². The SMILES string of the molecule is CCC1(C)CNC(=O)N(c2ccccc2Cl)C1=O. The average Bonchev–Trinajstić information content (AvgIpc) is 2.37. The molecule has 1 heterocycles. The fraction of sp³-hybridized carbons (Fsp3) is 0.385. The lowest BCUT2D eigenvalue weighted by Gasteiger charge is -2.38. The van der Waals surface area contributed by atoms with Crippen LogP contribution in [-0.4, -0.2) is 18.5 Å². The molecular weight excluding hydrogens is 252 g/mol. The topological polar surface area (TPSA) is 49.4 Å². The van der Waals surface area contributed by atoms with Crippen LogP contribution in [0.2, 0.25) is 5.02 Å². The van der Waals surface area contributed by atoms with Gasteiger partial charge in [0.2, 0.25) is 5.91 Å². The van der Waals surface area contributed by atoms with Crippen molar-refractivity contribution in [3.05, 3.63) is 29.3 Å². The predicted octanol–water partition coefficient (Wildman–Crippen LogP) is 2.81. The predicted molar refractivity (Wildman–Crippen MR) is 70.7 cm³/mol. The second-order valence-electron chi connectivity index (χ2n) is 4.66. The summed E-state index contributed by atoms with van der Waals surface area (Å²) in [6.45, 7) is 4.14. The summed E-state index contributed by atoms with van der Waals surface area (Å²) >= 11 is 6.05. The van der Waals surface area contributed by atoms with E-state index in [2.05, 4.69) is 5.32 Å². The molecule has 1 aliphatic rings. The van der Waals surface area contributed by atoms with Crippen LogP contribution in [0.1, 0.15) is 20.3 Å². The quantitative estimate of drug-likeness (QED) is 0.895. The molecule has 1 aliphatic heterocycles. The number of urea groups is 1. The Morgan fingerprint density at radius 1 is 1.39 bits per heavy atom. The Bertz CT molecular complexity index is 504. The molecule has 5 heteroatoms. The van der Waals surface area contributed by atoms with Crippen LogP contribution >= 0.6 is 11.6 Å². The summed E-state index contributed by atoms with van der Waals surface area (Å²) in [5, 5.41) is 3.13. The fourth-order valence-electron chi connectivity index (χ4n) is 1.92. The summed E-state index contributed by atoms with van der Waals surface area (Å²) in [6.07, 6.45) is 0.660. The lowest BCUT2D eigenvalue weighted by atomic mass is 9.84. The van der Waals surface area contributed by atoms with Crippen molar-refractivity contribution in [1.29, 1.82) is 0 Å². The highest BCUT2D eigenvalue weighted by atomic mass is 35.5. The molecule has 0 radical (unpaired) electrons. The molecule has 1 unspecified atom stereocenters. The number of benzene rings is 1. The molecule has 1 aromatic carbocycles. The van der Waals surface area contributed by atoms with Crippen molar-refractivity contribution in [1.82, 2.24) is 5.32 Å². The molecule has 0 aliphatic carbocycles. The number of nitrogens with one attached hydrogen (secondary N) is 1. The number of hydrogen-bond acceptors (Lipinski definition) is 2. The number of hydrogen-bond donors (Lipinski definition) is 1. The number of nitrogens with zero attached hydrogens (tertiary/aromatic N) is 1. The van der Waals surface area contributed by atoms with Gasteiger partial charge in [0.05, 0.1) is 16.1 Å². The van der Waals surface area contributed by atoms with Crippen LogP contribution in [0.15, 0.2) is 24.3 Å². The van der Waals surface area contributed by atoms with Crippen molar-refractivity contribution >= 4 is 29.2 Å². The third-order valence-corrected chi connectivity index (χ3v) is 3.75. The van der Waals surface area contributed by atoms with Crippen molar-refractivity contribution in [2.75, 3.05) is 11.4 Å². The molecule has 4 nitrogen and oxygen atoms in total. The summed E-state index contributed by atoms with van der Waals surface area (Å²) in [5.41, 5.74) is -0.145. The molecule has 96 valence electrons. The van der Waals surface area contributed by atoms with E-state index in [4.69, 9.17) is 11.6 Å². The number of amides is 3. The monoisotopic (exact) mass is 266 g/mol. The number of para-hydroxylation sites is 1. The Balaban J connectivity index is 2.45. The molecule has 0 bridgehead atoms. The Labute approximate surface area is 111 Å². The first-order valence-corrected chi connectivity index (χ1v) is 6.24. The zero-order chi connectivity index (χ0) is 13.3. The highest BCUT2D eigenvalue weighted by Crippen LogP contribution is 2.33. The Kier molecular flexibility index (Phi) is 3.30. The van der Waals surface area contributed by atoms with Crippen molar-refractivity contribution in [3.8, 4) is 0 Å². The van der Waals surface area contributed by atoms with Crippen molar-refractivity contribution in [2.24, 2.45) is 5.41 Å². The zero-order valence-corrected chi connectivity index (χ0v) is 11.1. The Morgan fingerprint density at radius 3 is 2.67 bits per heavy atom. The van der Waals surface area contributed by atoms with Gasteiger partial charge in [-0.3, -0.25) is 4.79 Å². The van der Waals surface area contributed by atoms with E-state index in [1.807, 2.05) is 13.8 Å². The molecule has 1 aromatic rings. The van der Waals surface area contributed by atoms with Crippen LogP contribution in [-0.2, 0) is 4.79 Å². The van der Waals surface area contributed by atoms with Gasteiger partial charge in [0.15, 0.2) is 0 Å². The molecule has 3 amide bonds. The van der Waals surface area contributed by atoms with Gasteiger partial charge in [0, 0.05) is 6.54 Å². The van der Waals surface area contributed by atoms with Gasteiger partial charge in [-0.25, -0.2) is 9.69 Å². The first kappa shape index (κ1) is 12.9. The number of carbonyl (C=O) groups is 2. The summed E-state index contributed by atoms with van der Waals surface area (Å²) in [6, 6.07) is 6.42. The highest BCUT2D eigenvalue weighted by Gasteiger charge is 2.43. The maximum atomic E-state index is 12.4. The minimum absolute atomic E-state index is 0.207. The second-order valence-corrected chi connectivity index (χ2v) is 5.07. The number of carbonyl (C=O) groups excluding carboxylic acids is 2. The molecule has 0 saturated carbocycles. The lowest BCUT2D eigenvalue weighted by Crippen LogP contribution is -2.59. The first-order chi connectivity index (χ1) is 8.49. The highest BCUT2D eigenvalue weighted by molar-refractivity contribution is 6.35. The van der Waals surface area contributed by atoms with E-state index in [-0.39, 0.29) is 5.91 Å². The van der Waals surface area contributed by atoms with E-state index in [1.54, 1.807) is 24.3 Å². The van der Waals surface area contributed by atoms with Gasteiger partial charge in [-0.05, 0) is 25.5 Å². The first-order valence-electron chi connectivity index (χ1n) is 5.86. The maximum absolute atomic E-state index is 12.4. The summed E-state index contributed by atoms with van der Waals surface area (Å²) in [5.74, 6) is -0.207. The summed E-state index contributed by atoms with van der Waals surface area (Å²) in [7, 11) is 0. The second kappa shape index (κ2) is 4.61. The minimum Gasteiger partial charge on any atom is -0.336 e. The van der Waals surface area contributed by atoms with Gasteiger partial charge >= 0.3 is 6.03 Å². The zero-order valence-electron chi connectivity index (χ0n) is 10.4. The van der Waals surface area contributed by atoms with Crippen LogP contribution in [0.3, 0.4) is 0 Å². The smallest absolute Gasteiger partial charge is 0.328 e. The Morgan fingerprint density at radius 2 is 2.06 bits per heavy atom. The van der Waals surface area contributed by atoms with Crippen LogP contribution in [0, 0.1) is 5.41 Å². The number of halogens is 1. The van der Waals surface area contributed by atoms with Crippen molar-refractivity contribution in [2.45, 2.75) is 20.3 Å². The Hall–Kier alpha value is -1.55. The summed E-state index contributed by atoms with van der Waals surface area (Å²) < 4.78 is 0. The standard InChI is InChI=1S/C13H15ClN2O2/c1-3-13(2)8-15-12(18)16(11(13)17)10-7-5-4-6-9(10)14/h4-7H,3,8H2,1-2H3,(H,15,18). The van der Waals surface area contributed by atoms with E-state index in [9.17, 15) is 9.59 Å². The molecular formula is C13H15ClN2O2. The molecule has 1 saturated heterocycles. The molecule has 0 spiro atoms. The molecule has 1 fully saturated rings. The molecule has 1 N–H and O–H groups in total. The summed E-state index contributed by atoms with van der Waals surface area (Å²) in [4.78, 5) is 25.5. The van der Waals surface area contributed by atoms with Crippen LogP contribution in [0.5, 0.6) is 0 Å². The number of imide groups is 1. The van der Waals surface area contributed by atoms with E-state index >= 15 is 0 Å². The molecule has 0 aromatic heterocycles. The lowest BCUT2D eigenvalue weighted by molar-refractivity contribution is -0.127. The molecule has 1 atom stereocenters. The van der Waals surface area contributed by atoms with Gasteiger partial charge in [0.1, 0.15) is 0 Å². The normalized spacial score (nSPS) is 24.1. The van der Waals surface area contributed by atoms with Crippen LogP contribution in [0.25, 0.3) is 0 Å². The van der Waals surface area contributed by atoms with Crippen LogP contribution in [0.4, 0.5) is 10.5 Å². The molecule has 18 heavy (non-hydrogen) atoms.